The van der Waals surface area contributed by atoms with Gasteiger partial charge in [-0.15, -0.1) is 11.3 Å². The smallest absolute Gasteiger partial charge is 0.341 e. The summed E-state index contributed by atoms with van der Waals surface area (Å²) in [5, 5.41) is 3.59. The van der Waals surface area contributed by atoms with E-state index in [0.717, 1.165) is 36.1 Å². The minimum atomic E-state index is -0.371. The van der Waals surface area contributed by atoms with Gasteiger partial charge in [0.1, 0.15) is 10.8 Å². The van der Waals surface area contributed by atoms with Gasteiger partial charge < -0.3 is 14.8 Å². The molecule has 1 N–H and O–H groups in total. The Hall–Kier alpha value is -2.34. The Labute approximate surface area is 189 Å². The average molecular weight is 444 g/mol. The van der Waals surface area contributed by atoms with Crippen molar-refractivity contribution in [3.05, 3.63) is 45.8 Å². The van der Waals surface area contributed by atoms with Crippen molar-refractivity contribution in [1.82, 2.24) is 0 Å². The van der Waals surface area contributed by atoms with Gasteiger partial charge in [-0.1, -0.05) is 32.9 Å². The van der Waals surface area contributed by atoms with E-state index in [1.165, 1.54) is 23.3 Å². The molecule has 0 fully saturated rings. The number of rotatable bonds is 7. The Kier molecular flexibility index (Phi) is 7.42. The summed E-state index contributed by atoms with van der Waals surface area (Å²) in [6, 6.07) is 7.86. The summed E-state index contributed by atoms with van der Waals surface area (Å²) >= 11 is 1.53. The third-order valence-electron chi connectivity index (χ3n) is 5.94. The number of hydrogen-bond acceptors (Lipinski definition) is 5. The average Bonchev–Trinajstić information content (AvgIpc) is 3.07. The Balaban J connectivity index is 1.63. The third-order valence-corrected chi connectivity index (χ3v) is 7.11. The number of hydrogen-bond donors (Lipinski definition) is 1. The van der Waals surface area contributed by atoms with Crippen LogP contribution in [0, 0.1) is 18.3 Å². The monoisotopic (exact) mass is 443 g/mol. The van der Waals surface area contributed by atoms with E-state index in [1.54, 1.807) is 0 Å². The highest BCUT2D eigenvalue weighted by molar-refractivity contribution is 7.17. The van der Waals surface area contributed by atoms with E-state index in [1.807, 2.05) is 31.2 Å². The summed E-state index contributed by atoms with van der Waals surface area (Å²) in [7, 11) is 1.39. The zero-order valence-corrected chi connectivity index (χ0v) is 20.0. The molecule has 5 nitrogen and oxygen atoms in total. The number of carbonyl (C=O) groups excluding carboxylic acids is 2. The number of methoxy groups -OCH3 is 1. The summed E-state index contributed by atoms with van der Waals surface area (Å²) in [5.41, 5.74) is 2.95. The lowest BCUT2D eigenvalue weighted by atomic mass is 9.72. The Morgan fingerprint density at radius 1 is 1.26 bits per heavy atom. The van der Waals surface area contributed by atoms with E-state index in [0.29, 0.717) is 35.9 Å². The number of fused-ring (bicyclic) bond motifs is 1. The number of thiophene rings is 1. The van der Waals surface area contributed by atoms with Crippen LogP contribution in [0.3, 0.4) is 0 Å². The van der Waals surface area contributed by atoms with E-state index >= 15 is 0 Å². The lowest BCUT2D eigenvalue weighted by Crippen LogP contribution is -2.26. The molecule has 1 unspecified atom stereocenters. The number of anilines is 1. The molecule has 0 spiro atoms. The second kappa shape index (κ2) is 9.86. The summed E-state index contributed by atoms with van der Waals surface area (Å²) < 4.78 is 10.8. The van der Waals surface area contributed by atoms with E-state index in [-0.39, 0.29) is 17.3 Å². The maximum atomic E-state index is 12.6. The Morgan fingerprint density at radius 2 is 2.03 bits per heavy atom. The quantitative estimate of drug-likeness (QED) is 0.434. The molecule has 1 aromatic heterocycles. The number of esters is 1. The van der Waals surface area contributed by atoms with E-state index in [2.05, 4.69) is 26.1 Å². The third kappa shape index (κ3) is 5.88. The van der Waals surface area contributed by atoms with Gasteiger partial charge in [0.25, 0.3) is 0 Å². The van der Waals surface area contributed by atoms with Gasteiger partial charge in [-0.3, -0.25) is 4.79 Å². The predicted molar refractivity (Wildman–Crippen MR) is 125 cm³/mol. The van der Waals surface area contributed by atoms with Crippen LogP contribution in [0.2, 0.25) is 0 Å². The lowest BCUT2D eigenvalue weighted by molar-refractivity contribution is -0.116. The fourth-order valence-electron chi connectivity index (χ4n) is 4.05. The van der Waals surface area contributed by atoms with Gasteiger partial charge in [0.2, 0.25) is 5.91 Å². The summed E-state index contributed by atoms with van der Waals surface area (Å²) in [6.45, 7) is 9.27. The number of benzene rings is 1. The minimum absolute atomic E-state index is 0.107. The van der Waals surface area contributed by atoms with Crippen molar-refractivity contribution >= 4 is 28.2 Å². The van der Waals surface area contributed by atoms with Crippen molar-refractivity contribution in [2.24, 2.45) is 11.3 Å². The van der Waals surface area contributed by atoms with E-state index in [9.17, 15) is 9.59 Å². The topological polar surface area (TPSA) is 64.6 Å². The Bertz CT molecular complexity index is 941. The van der Waals surface area contributed by atoms with Crippen LogP contribution >= 0.6 is 11.3 Å². The molecule has 1 aliphatic carbocycles. The van der Waals surface area contributed by atoms with Gasteiger partial charge in [-0.25, -0.2) is 4.79 Å². The molecule has 0 radical (unpaired) electrons. The zero-order chi connectivity index (χ0) is 22.6. The molecule has 0 bridgehead atoms. The van der Waals surface area contributed by atoms with Crippen LogP contribution in [0.1, 0.15) is 66.4 Å². The molecule has 1 atom stereocenters. The fourth-order valence-corrected chi connectivity index (χ4v) is 5.38. The molecule has 3 rings (SSSR count). The highest BCUT2D eigenvalue weighted by Gasteiger charge is 2.34. The van der Waals surface area contributed by atoms with Crippen molar-refractivity contribution < 1.29 is 19.1 Å². The first-order chi connectivity index (χ1) is 14.7. The number of carbonyl (C=O) groups is 2. The molecular formula is C25H33NO4S. The molecule has 1 aliphatic rings. The molecule has 1 amide bonds. The Morgan fingerprint density at radius 3 is 2.71 bits per heavy atom. The first-order valence-electron chi connectivity index (χ1n) is 10.9. The summed E-state index contributed by atoms with van der Waals surface area (Å²) in [5.74, 6) is 0.896. The first-order valence-corrected chi connectivity index (χ1v) is 11.7. The number of amides is 1. The number of ether oxygens (including phenoxy) is 2. The van der Waals surface area contributed by atoms with Crippen LogP contribution in [0.25, 0.3) is 0 Å². The molecule has 168 valence electrons. The molecular weight excluding hydrogens is 410 g/mol. The predicted octanol–water partition coefficient (Wildman–Crippen LogP) is 5.79. The molecule has 2 aromatic rings. The standard InChI is InChI=1S/C25H33NO4S/c1-16-8-6-9-18(14-16)30-13-7-10-21(27)26-23-22(24(28)29-5)19-12-11-17(25(2,3)4)15-20(19)31-23/h6,8-9,14,17H,7,10-13,15H2,1-5H3,(H,26,27). The lowest BCUT2D eigenvalue weighted by Gasteiger charge is -2.33. The van der Waals surface area contributed by atoms with Gasteiger partial charge in [-0.05, 0) is 67.2 Å². The molecule has 0 saturated carbocycles. The summed E-state index contributed by atoms with van der Waals surface area (Å²) in [6.07, 6.45) is 3.76. The van der Waals surface area contributed by atoms with Crippen LogP contribution < -0.4 is 10.1 Å². The van der Waals surface area contributed by atoms with Crippen molar-refractivity contribution in [2.75, 3.05) is 19.0 Å². The highest BCUT2D eigenvalue weighted by Crippen LogP contribution is 2.44. The maximum absolute atomic E-state index is 12.6. The van der Waals surface area contributed by atoms with Crippen LogP contribution in [-0.2, 0) is 22.4 Å². The molecule has 31 heavy (non-hydrogen) atoms. The normalized spacial score (nSPS) is 15.8. The van der Waals surface area contributed by atoms with Crippen molar-refractivity contribution in [3.63, 3.8) is 0 Å². The van der Waals surface area contributed by atoms with Gasteiger partial charge in [0.15, 0.2) is 0 Å². The zero-order valence-electron chi connectivity index (χ0n) is 19.2. The van der Waals surface area contributed by atoms with Crippen molar-refractivity contribution in [3.8, 4) is 5.75 Å². The fraction of sp³-hybridized carbons (Fsp3) is 0.520. The second-order valence-electron chi connectivity index (χ2n) is 9.32. The number of nitrogens with one attached hydrogen (secondary N) is 1. The molecule has 1 heterocycles. The van der Waals surface area contributed by atoms with E-state index in [4.69, 9.17) is 9.47 Å². The molecule has 0 saturated heterocycles. The van der Waals surface area contributed by atoms with E-state index < -0.39 is 0 Å². The molecule has 0 aliphatic heterocycles. The molecule has 6 heteroatoms. The highest BCUT2D eigenvalue weighted by atomic mass is 32.1. The van der Waals surface area contributed by atoms with Gasteiger partial charge in [0.05, 0.1) is 19.3 Å². The van der Waals surface area contributed by atoms with Gasteiger partial charge in [-0.2, -0.15) is 0 Å². The van der Waals surface area contributed by atoms with Crippen LogP contribution in [0.4, 0.5) is 5.00 Å². The number of aryl methyl sites for hydroxylation is 1. The molecule has 1 aromatic carbocycles. The van der Waals surface area contributed by atoms with Gasteiger partial charge >= 0.3 is 5.97 Å². The van der Waals surface area contributed by atoms with Crippen LogP contribution in [0.15, 0.2) is 24.3 Å². The maximum Gasteiger partial charge on any atom is 0.341 e. The minimum Gasteiger partial charge on any atom is -0.494 e. The van der Waals surface area contributed by atoms with Gasteiger partial charge in [0, 0.05) is 11.3 Å². The van der Waals surface area contributed by atoms with Crippen molar-refractivity contribution in [2.45, 2.75) is 59.8 Å². The van der Waals surface area contributed by atoms with Crippen LogP contribution in [0.5, 0.6) is 5.75 Å². The largest absolute Gasteiger partial charge is 0.494 e. The second-order valence-corrected chi connectivity index (χ2v) is 10.4. The first kappa shape index (κ1) is 23.3. The van der Waals surface area contributed by atoms with Crippen molar-refractivity contribution in [1.29, 1.82) is 0 Å². The van der Waals surface area contributed by atoms with Crippen LogP contribution in [-0.4, -0.2) is 25.6 Å². The summed E-state index contributed by atoms with van der Waals surface area (Å²) in [4.78, 5) is 26.2. The SMILES string of the molecule is COC(=O)c1c(NC(=O)CCCOc2cccc(C)c2)sc2c1CCC(C(C)(C)C)C2.